The Morgan fingerprint density at radius 1 is 0.486 bits per heavy atom. The number of phosphoric ester groups is 1. The molecule has 0 heterocycles. The normalized spacial score (nSPS) is 14.4. The number of hydrogen-bond acceptors (Lipinski definition) is 7. The Kier molecular flexibility index (Phi) is 51.1. The second-order valence-electron chi connectivity index (χ2n) is 21.1. The van der Waals surface area contributed by atoms with Gasteiger partial charge in [-0.3, -0.25) is 14.2 Å². The monoisotopic (exact) mass is 1050 g/mol. The van der Waals surface area contributed by atoms with E-state index in [1.807, 2.05) is 39.4 Å². The van der Waals surface area contributed by atoms with Crippen LogP contribution in [0.4, 0.5) is 0 Å². The van der Waals surface area contributed by atoms with Gasteiger partial charge in [-0.05, 0) is 96.0 Å². The molecule has 0 aromatic heterocycles. The van der Waals surface area contributed by atoms with Gasteiger partial charge in [0.15, 0.2) is 0 Å². The fraction of sp³-hybridized carbons (Fsp3) is 0.719. The Hall–Kier alpha value is -3.07. The van der Waals surface area contributed by atoms with E-state index < -0.39 is 26.6 Å². The van der Waals surface area contributed by atoms with Crippen molar-refractivity contribution < 1.29 is 37.3 Å². The maximum atomic E-state index is 13.4. The second kappa shape index (κ2) is 53.3. The van der Waals surface area contributed by atoms with Gasteiger partial charge in [0, 0.05) is 12.8 Å². The molecular weight excluding hydrogens is 940 g/mol. The van der Waals surface area contributed by atoms with Crippen LogP contribution in [0, 0.1) is 0 Å². The lowest BCUT2D eigenvalue weighted by molar-refractivity contribution is -0.870. The molecule has 10 heteroatoms. The average molecular weight is 1050 g/mol. The summed E-state index contributed by atoms with van der Waals surface area (Å²) < 4.78 is 30.2. The van der Waals surface area contributed by atoms with Crippen molar-refractivity contribution >= 4 is 19.7 Å². The van der Waals surface area contributed by atoms with Crippen LogP contribution in [0.5, 0.6) is 0 Å². The number of likely N-dealkylation sites (N-methyl/N-ethyl adjacent to an activating group) is 1. The highest BCUT2D eigenvalue weighted by atomic mass is 31.2. The molecule has 9 nitrogen and oxygen atoms in total. The van der Waals surface area contributed by atoms with E-state index in [9.17, 15) is 19.0 Å². The predicted molar refractivity (Wildman–Crippen MR) is 316 cm³/mol. The summed E-state index contributed by atoms with van der Waals surface area (Å²) in [6.45, 7) is 6.65. The number of esters is 1. The van der Waals surface area contributed by atoms with Gasteiger partial charge in [0.2, 0.25) is 5.91 Å². The Balaban J connectivity index is 5.30. The number of carbonyl (C=O) groups is 2. The van der Waals surface area contributed by atoms with E-state index in [1.165, 1.54) is 109 Å². The number of phosphoric acid groups is 1. The average Bonchev–Trinajstić information content (AvgIpc) is 3.36. The molecule has 0 aromatic rings. The maximum Gasteiger partial charge on any atom is 0.306 e. The van der Waals surface area contributed by atoms with Crippen LogP contribution in [-0.2, 0) is 27.9 Å². The molecule has 426 valence electrons. The molecule has 3 atom stereocenters. The number of allylic oxidation sites excluding steroid dienone is 15. The van der Waals surface area contributed by atoms with Crippen molar-refractivity contribution in [2.75, 3.05) is 40.9 Å². The van der Waals surface area contributed by atoms with Crippen molar-refractivity contribution in [2.24, 2.45) is 0 Å². The number of quaternary nitrogens is 1. The summed E-state index contributed by atoms with van der Waals surface area (Å²) in [7, 11) is 1.14. The van der Waals surface area contributed by atoms with Gasteiger partial charge in [0.25, 0.3) is 7.82 Å². The third-order valence-electron chi connectivity index (χ3n) is 12.8. The summed E-state index contributed by atoms with van der Waals surface area (Å²) in [6.07, 6.45) is 71.1. The Morgan fingerprint density at radius 2 is 0.878 bits per heavy atom. The summed E-state index contributed by atoms with van der Waals surface area (Å²) >= 11 is 0. The number of carbonyl (C=O) groups excluding carboxylic acids is 2. The highest BCUT2D eigenvalue weighted by Gasteiger charge is 2.27. The van der Waals surface area contributed by atoms with Crippen molar-refractivity contribution in [1.29, 1.82) is 0 Å². The van der Waals surface area contributed by atoms with E-state index in [2.05, 4.69) is 105 Å². The zero-order chi connectivity index (χ0) is 54.3. The zero-order valence-corrected chi connectivity index (χ0v) is 49.4. The lowest BCUT2D eigenvalue weighted by atomic mass is 10.1. The first-order chi connectivity index (χ1) is 35.9. The van der Waals surface area contributed by atoms with E-state index in [4.69, 9.17) is 13.8 Å². The molecule has 1 amide bonds. The van der Waals surface area contributed by atoms with Crippen LogP contribution in [-0.4, -0.2) is 69.4 Å². The molecule has 0 rings (SSSR count). The summed E-state index contributed by atoms with van der Waals surface area (Å²) in [5, 5.41) is 2.98. The number of amides is 1. The van der Waals surface area contributed by atoms with Gasteiger partial charge in [0.05, 0.1) is 33.8 Å². The highest BCUT2D eigenvalue weighted by Crippen LogP contribution is 2.38. The number of rotatable bonds is 53. The van der Waals surface area contributed by atoms with E-state index in [-0.39, 0.29) is 31.3 Å². The summed E-state index contributed by atoms with van der Waals surface area (Å²) in [4.78, 5) is 39.8. The second-order valence-corrected chi connectivity index (χ2v) is 22.5. The number of unbranched alkanes of at least 4 members (excludes halogenated alkanes) is 23. The predicted octanol–water partition coefficient (Wildman–Crippen LogP) is 17.8. The van der Waals surface area contributed by atoms with Crippen LogP contribution < -0.4 is 10.2 Å². The van der Waals surface area contributed by atoms with Crippen LogP contribution in [0.1, 0.15) is 245 Å². The first kappa shape index (κ1) is 70.9. The lowest BCUT2D eigenvalue weighted by Crippen LogP contribution is -2.47. The molecular formula is C64H113N2O7P. The molecule has 3 unspecified atom stereocenters. The highest BCUT2D eigenvalue weighted by molar-refractivity contribution is 7.45. The van der Waals surface area contributed by atoms with Crippen LogP contribution in [0.15, 0.2) is 97.2 Å². The molecule has 0 saturated heterocycles. The molecule has 1 N–H and O–H groups in total. The maximum absolute atomic E-state index is 13.4. The molecule has 0 aliphatic rings. The fourth-order valence-electron chi connectivity index (χ4n) is 8.13. The van der Waals surface area contributed by atoms with Gasteiger partial charge in [0.1, 0.15) is 19.3 Å². The largest absolute Gasteiger partial charge is 0.756 e. The van der Waals surface area contributed by atoms with Gasteiger partial charge < -0.3 is 28.5 Å². The molecule has 0 saturated carbocycles. The lowest BCUT2D eigenvalue weighted by Gasteiger charge is -2.30. The Labute approximate surface area is 456 Å². The molecule has 0 fully saturated rings. The van der Waals surface area contributed by atoms with Gasteiger partial charge in [-0.15, -0.1) is 0 Å². The molecule has 0 spiro atoms. The number of ether oxygens (including phenoxy) is 1. The molecule has 0 aromatic carbocycles. The molecule has 0 aliphatic heterocycles. The molecule has 74 heavy (non-hydrogen) atoms. The third-order valence-corrected chi connectivity index (χ3v) is 13.7. The smallest absolute Gasteiger partial charge is 0.306 e. The summed E-state index contributed by atoms with van der Waals surface area (Å²) in [6, 6.07) is -0.928. The van der Waals surface area contributed by atoms with Crippen LogP contribution in [0.3, 0.4) is 0 Å². The van der Waals surface area contributed by atoms with Gasteiger partial charge in [-0.2, -0.15) is 0 Å². The van der Waals surface area contributed by atoms with E-state index >= 15 is 0 Å². The number of nitrogens with zero attached hydrogens (tertiary/aromatic N) is 1. The minimum atomic E-state index is -4.72. The zero-order valence-electron chi connectivity index (χ0n) is 48.5. The van der Waals surface area contributed by atoms with E-state index in [0.29, 0.717) is 23.9 Å². The molecule has 0 bridgehead atoms. The van der Waals surface area contributed by atoms with Crippen LogP contribution >= 0.6 is 7.82 Å². The van der Waals surface area contributed by atoms with Crippen molar-refractivity contribution in [3.63, 3.8) is 0 Å². The SMILES string of the molecule is CC/C=C\C/C=C\C/C=C\C/C=C\C/C=C\CCCCCCCCCC(=O)OC(/C=C\CCCCCCCCCCCC)C(COP(=O)([O-])OCC[N+](C)(C)C)NC(=O)CC/C=C/C/C=C\CCCCCCCC. The van der Waals surface area contributed by atoms with Crippen molar-refractivity contribution in [3.8, 4) is 0 Å². The third kappa shape index (κ3) is 53.7. The number of nitrogens with one attached hydrogen (secondary N) is 1. The van der Waals surface area contributed by atoms with Crippen molar-refractivity contribution in [2.45, 2.75) is 258 Å². The number of hydrogen-bond donors (Lipinski definition) is 1. The molecule has 0 radical (unpaired) electrons. The fourth-order valence-corrected chi connectivity index (χ4v) is 8.85. The Bertz CT molecular complexity index is 1590. The van der Waals surface area contributed by atoms with E-state index in [0.717, 1.165) is 89.9 Å². The standard InChI is InChI=1S/C64H113N2O7P/c1-7-10-13-16-19-22-25-28-29-30-31-32-33-34-35-36-37-39-42-45-48-51-54-57-64(68)73-62(55-52-49-46-43-40-27-24-21-18-15-12-9-3)61(60-72-74(69,70)71-59-58-66(4,5)6)65-63(67)56-53-50-47-44-41-38-26-23-20-17-14-11-8-2/h10,13,19,22,28-29,31-32,34-35,38,41,47,50,52,55,61-62H,7-9,11-12,14-18,20-21,23-27,30,33,36-37,39-40,42-46,48-49,51,53-54,56-60H2,1-6H3,(H-,65,67,69,70)/b13-10-,22-19-,29-28-,32-31-,35-34-,41-38-,50-47+,55-52-. The van der Waals surface area contributed by atoms with Crippen molar-refractivity contribution in [3.05, 3.63) is 97.2 Å². The van der Waals surface area contributed by atoms with Gasteiger partial charge >= 0.3 is 5.97 Å². The minimum absolute atomic E-state index is 0.0375. The van der Waals surface area contributed by atoms with Gasteiger partial charge in [-0.1, -0.05) is 234 Å². The van der Waals surface area contributed by atoms with Crippen LogP contribution in [0.2, 0.25) is 0 Å². The van der Waals surface area contributed by atoms with E-state index in [1.54, 1.807) is 0 Å². The minimum Gasteiger partial charge on any atom is -0.756 e. The van der Waals surface area contributed by atoms with Crippen molar-refractivity contribution in [1.82, 2.24) is 5.32 Å². The topological polar surface area (TPSA) is 114 Å². The van der Waals surface area contributed by atoms with Gasteiger partial charge in [-0.25, -0.2) is 0 Å². The first-order valence-electron chi connectivity index (χ1n) is 30.0. The van der Waals surface area contributed by atoms with Crippen LogP contribution in [0.25, 0.3) is 0 Å². The summed E-state index contributed by atoms with van der Waals surface area (Å²) in [5.74, 6) is -0.637. The quantitative estimate of drug-likeness (QED) is 0.0212. The molecule has 0 aliphatic carbocycles. The first-order valence-corrected chi connectivity index (χ1v) is 31.5. The Morgan fingerprint density at radius 3 is 1.32 bits per heavy atom. The summed E-state index contributed by atoms with van der Waals surface area (Å²) in [5.41, 5.74) is 0.